The van der Waals surface area contributed by atoms with Gasteiger partial charge in [0.05, 0.1) is 6.61 Å². The Labute approximate surface area is 181 Å². The first kappa shape index (κ1) is 23.6. The van der Waals surface area contributed by atoms with E-state index >= 15 is 0 Å². The van der Waals surface area contributed by atoms with E-state index in [1.165, 1.54) is 13.8 Å². The molecule has 3 rings (SSSR count). The number of carbonyl (C=O) groups is 2. The summed E-state index contributed by atoms with van der Waals surface area (Å²) in [6.45, 7) is 5.51. The Kier molecular flexibility index (Phi) is 8.39. The summed E-state index contributed by atoms with van der Waals surface area (Å²) in [5, 5.41) is 12.2. The van der Waals surface area contributed by atoms with Crippen LogP contribution in [0.15, 0.2) is 30.3 Å². The van der Waals surface area contributed by atoms with E-state index in [0.717, 1.165) is 18.4 Å². The van der Waals surface area contributed by atoms with Crippen LogP contribution in [-0.4, -0.2) is 66.9 Å². The highest BCUT2D eigenvalue weighted by atomic mass is 16.8. The van der Waals surface area contributed by atoms with Crippen molar-refractivity contribution in [3.8, 4) is 0 Å². The SMILES string of the molecule is CCCCO[C@H]1OC2COC(c3ccccc3)O[C@H]2C(O[C@H](C)C(=O)O)C1NC(C)=O. The second-order valence-corrected chi connectivity index (χ2v) is 7.75. The molecule has 0 radical (unpaired) electrons. The monoisotopic (exact) mass is 437 g/mol. The summed E-state index contributed by atoms with van der Waals surface area (Å²) in [7, 11) is 0. The number of nitrogens with one attached hydrogen (secondary N) is 1. The summed E-state index contributed by atoms with van der Waals surface area (Å²) in [4.78, 5) is 23.4. The number of carboxylic acid groups (broad SMARTS) is 1. The van der Waals surface area contributed by atoms with Gasteiger partial charge in [-0.05, 0) is 13.3 Å². The van der Waals surface area contributed by atoms with Gasteiger partial charge >= 0.3 is 5.97 Å². The van der Waals surface area contributed by atoms with Gasteiger partial charge in [-0.1, -0.05) is 43.7 Å². The number of hydrogen-bond acceptors (Lipinski definition) is 7. The lowest BCUT2D eigenvalue weighted by Crippen LogP contribution is -2.68. The second kappa shape index (κ2) is 11.0. The number of benzene rings is 1. The van der Waals surface area contributed by atoms with Crippen molar-refractivity contribution in [3.63, 3.8) is 0 Å². The van der Waals surface area contributed by atoms with Gasteiger partial charge in [0, 0.05) is 19.1 Å². The molecule has 4 unspecified atom stereocenters. The summed E-state index contributed by atoms with van der Waals surface area (Å²) in [6.07, 6.45) is -2.85. The molecule has 2 fully saturated rings. The molecule has 2 aliphatic rings. The van der Waals surface area contributed by atoms with Gasteiger partial charge in [-0.15, -0.1) is 0 Å². The topological polar surface area (TPSA) is 113 Å². The molecule has 1 amide bonds. The molecule has 2 heterocycles. The van der Waals surface area contributed by atoms with Crippen molar-refractivity contribution in [3.05, 3.63) is 35.9 Å². The van der Waals surface area contributed by atoms with Crippen molar-refractivity contribution >= 4 is 11.9 Å². The van der Waals surface area contributed by atoms with Crippen molar-refractivity contribution < 1.29 is 38.4 Å². The highest BCUT2D eigenvalue weighted by molar-refractivity contribution is 5.73. The molecule has 2 N–H and O–H groups in total. The number of unbranched alkanes of at least 4 members (excludes halogenated alkanes) is 1. The van der Waals surface area contributed by atoms with Crippen LogP contribution < -0.4 is 5.32 Å². The Morgan fingerprint density at radius 1 is 1.26 bits per heavy atom. The van der Waals surface area contributed by atoms with Crippen LogP contribution in [0.2, 0.25) is 0 Å². The predicted octanol–water partition coefficient (Wildman–Crippen LogP) is 2.01. The van der Waals surface area contributed by atoms with E-state index in [-0.39, 0.29) is 12.5 Å². The molecule has 9 heteroatoms. The number of aliphatic carboxylic acids is 1. The third kappa shape index (κ3) is 6.02. The Morgan fingerprint density at radius 2 is 2.00 bits per heavy atom. The Balaban J connectivity index is 1.86. The maximum absolute atomic E-state index is 11.9. The number of fused-ring (bicyclic) bond motifs is 1. The highest BCUT2D eigenvalue weighted by Gasteiger charge is 2.52. The maximum atomic E-state index is 11.9. The van der Waals surface area contributed by atoms with Gasteiger partial charge in [-0.2, -0.15) is 0 Å². The lowest BCUT2D eigenvalue weighted by atomic mass is 9.95. The molecule has 1 aromatic carbocycles. The summed E-state index contributed by atoms with van der Waals surface area (Å²) in [5.74, 6) is -1.42. The van der Waals surface area contributed by atoms with Gasteiger partial charge in [-0.3, -0.25) is 4.79 Å². The van der Waals surface area contributed by atoms with E-state index in [1.54, 1.807) is 0 Å². The van der Waals surface area contributed by atoms with Crippen molar-refractivity contribution in [2.24, 2.45) is 0 Å². The average Bonchev–Trinajstić information content (AvgIpc) is 2.75. The molecule has 9 nitrogen and oxygen atoms in total. The van der Waals surface area contributed by atoms with Crippen LogP contribution >= 0.6 is 0 Å². The number of carboxylic acids is 1. The first-order chi connectivity index (χ1) is 14.9. The third-order valence-corrected chi connectivity index (χ3v) is 5.27. The van der Waals surface area contributed by atoms with Gasteiger partial charge < -0.3 is 34.1 Å². The first-order valence-corrected chi connectivity index (χ1v) is 10.6. The lowest BCUT2D eigenvalue weighted by molar-refractivity contribution is -0.350. The number of amides is 1. The second-order valence-electron chi connectivity index (χ2n) is 7.75. The van der Waals surface area contributed by atoms with Crippen LogP contribution in [0.3, 0.4) is 0 Å². The van der Waals surface area contributed by atoms with E-state index in [1.807, 2.05) is 37.3 Å². The van der Waals surface area contributed by atoms with Crippen molar-refractivity contribution in [2.45, 2.75) is 76.7 Å². The minimum Gasteiger partial charge on any atom is -0.479 e. The smallest absolute Gasteiger partial charge is 0.332 e. The molecule has 172 valence electrons. The molecule has 2 saturated heterocycles. The van der Waals surface area contributed by atoms with E-state index in [2.05, 4.69) is 5.32 Å². The molecule has 0 aliphatic carbocycles. The lowest BCUT2D eigenvalue weighted by Gasteiger charge is -2.49. The van der Waals surface area contributed by atoms with E-state index < -0.39 is 49.0 Å². The normalized spacial score (nSPS) is 31.5. The van der Waals surface area contributed by atoms with Crippen molar-refractivity contribution in [2.75, 3.05) is 13.2 Å². The molecular formula is C22H31NO8. The van der Waals surface area contributed by atoms with Crippen LogP contribution in [0.25, 0.3) is 0 Å². The minimum atomic E-state index is -1.11. The van der Waals surface area contributed by atoms with Crippen molar-refractivity contribution in [1.29, 1.82) is 0 Å². The van der Waals surface area contributed by atoms with Crippen LogP contribution in [0, 0.1) is 0 Å². The van der Waals surface area contributed by atoms with Crippen LogP contribution in [0.1, 0.15) is 45.5 Å². The summed E-state index contributed by atoms with van der Waals surface area (Å²) >= 11 is 0. The zero-order valence-electron chi connectivity index (χ0n) is 18.1. The Bertz CT molecular complexity index is 729. The minimum absolute atomic E-state index is 0.214. The summed E-state index contributed by atoms with van der Waals surface area (Å²) in [6, 6.07) is 8.67. The van der Waals surface area contributed by atoms with Crippen molar-refractivity contribution in [1.82, 2.24) is 5.32 Å². The standard InChI is InChI=1S/C22H31NO8/c1-4-5-11-27-22-17(23-14(3)24)19(29-13(2)20(25)26)18-16(30-22)12-28-21(31-18)15-9-7-6-8-10-15/h6-10,13,16-19,21-22H,4-5,11-12H2,1-3H3,(H,23,24)(H,25,26)/t13-,16?,17?,18-,19?,21?,22+/m1/s1. The van der Waals surface area contributed by atoms with Gasteiger partial charge in [0.1, 0.15) is 24.4 Å². The molecule has 0 bridgehead atoms. The molecule has 0 spiro atoms. The first-order valence-electron chi connectivity index (χ1n) is 10.6. The van der Waals surface area contributed by atoms with E-state index in [9.17, 15) is 14.7 Å². The molecule has 0 saturated carbocycles. The van der Waals surface area contributed by atoms with E-state index in [0.29, 0.717) is 6.61 Å². The van der Waals surface area contributed by atoms with Gasteiger partial charge in [0.25, 0.3) is 0 Å². The van der Waals surface area contributed by atoms with E-state index in [4.69, 9.17) is 23.7 Å². The maximum Gasteiger partial charge on any atom is 0.332 e. The zero-order chi connectivity index (χ0) is 22.4. The van der Waals surface area contributed by atoms with Crippen LogP contribution in [0.5, 0.6) is 0 Å². The number of rotatable bonds is 9. The number of ether oxygens (including phenoxy) is 5. The largest absolute Gasteiger partial charge is 0.479 e. The predicted molar refractivity (Wildman–Crippen MR) is 109 cm³/mol. The Morgan fingerprint density at radius 3 is 2.65 bits per heavy atom. The summed E-state index contributed by atoms with van der Waals surface area (Å²) in [5.41, 5.74) is 0.823. The zero-order valence-corrected chi connectivity index (χ0v) is 18.1. The average molecular weight is 437 g/mol. The Hall–Kier alpha value is -2.04. The molecule has 0 aromatic heterocycles. The van der Waals surface area contributed by atoms with Crippen LogP contribution in [0.4, 0.5) is 0 Å². The number of hydrogen-bond donors (Lipinski definition) is 2. The fourth-order valence-corrected chi connectivity index (χ4v) is 3.68. The quantitative estimate of drug-likeness (QED) is 0.564. The van der Waals surface area contributed by atoms with Gasteiger partial charge in [0.15, 0.2) is 18.7 Å². The molecule has 7 atom stereocenters. The van der Waals surface area contributed by atoms with Crippen LogP contribution in [-0.2, 0) is 33.3 Å². The fourth-order valence-electron chi connectivity index (χ4n) is 3.68. The molecule has 2 aliphatic heterocycles. The third-order valence-electron chi connectivity index (χ3n) is 5.27. The van der Waals surface area contributed by atoms with Gasteiger partial charge in [0.2, 0.25) is 5.91 Å². The molecule has 31 heavy (non-hydrogen) atoms. The molecule has 1 aromatic rings. The van der Waals surface area contributed by atoms with Gasteiger partial charge in [-0.25, -0.2) is 4.79 Å². The molecular weight excluding hydrogens is 406 g/mol. The number of carbonyl (C=O) groups excluding carboxylic acids is 1. The fraction of sp³-hybridized carbons (Fsp3) is 0.636. The summed E-state index contributed by atoms with van der Waals surface area (Å²) < 4.78 is 29.9. The highest BCUT2D eigenvalue weighted by Crippen LogP contribution is 2.36.